The standard InChI is InChI=1S/C13H8F3NO4S/c14-9-5-6-10(12(16)11(9)15)17-22(20,21)8-3-1-7(2-4-8)13(18)19/h1-6,17H,(H,18,19)/p-1. The van der Waals surface area contributed by atoms with E-state index in [1.807, 2.05) is 0 Å². The van der Waals surface area contributed by atoms with Gasteiger partial charge in [-0.2, -0.15) is 0 Å². The van der Waals surface area contributed by atoms with Crippen LogP contribution in [0, 0.1) is 17.5 Å². The predicted octanol–water partition coefficient (Wildman–Crippen LogP) is 1.27. The van der Waals surface area contributed by atoms with Crippen molar-refractivity contribution in [2.45, 2.75) is 4.90 Å². The fourth-order valence-corrected chi connectivity index (χ4v) is 2.64. The Balaban J connectivity index is 2.36. The molecule has 0 aliphatic heterocycles. The van der Waals surface area contributed by atoms with Crippen LogP contribution in [0.15, 0.2) is 41.3 Å². The third kappa shape index (κ3) is 3.03. The molecule has 0 aromatic heterocycles. The lowest BCUT2D eigenvalue weighted by molar-refractivity contribution is -0.255. The first-order chi connectivity index (χ1) is 10.2. The Hall–Kier alpha value is -2.55. The van der Waals surface area contributed by atoms with Crippen molar-refractivity contribution in [1.29, 1.82) is 0 Å². The number of halogens is 3. The normalized spacial score (nSPS) is 11.2. The Morgan fingerprint density at radius 1 is 0.955 bits per heavy atom. The van der Waals surface area contributed by atoms with Crippen LogP contribution in [0.4, 0.5) is 18.9 Å². The van der Waals surface area contributed by atoms with E-state index in [0.717, 1.165) is 30.3 Å². The maximum absolute atomic E-state index is 13.5. The van der Waals surface area contributed by atoms with Gasteiger partial charge in [-0.3, -0.25) is 4.72 Å². The molecule has 0 bridgehead atoms. The summed E-state index contributed by atoms with van der Waals surface area (Å²) in [5.41, 5.74) is -1.03. The van der Waals surface area contributed by atoms with Gasteiger partial charge >= 0.3 is 0 Å². The van der Waals surface area contributed by atoms with Crippen LogP contribution in [0.3, 0.4) is 0 Å². The Bertz CT molecular complexity index is 835. The first-order valence-electron chi connectivity index (χ1n) is 5.70. The molecule has 0 saturated carbocycles. The maximum atomic E-state index is 13.5. The molecule has 0 spiro atoms. The summed E-state index contributed by atoms with van der Waals surface area (Å²) in [5, 5.41) is 10.6. The molecular formula is C13H7F3NO4S-. The molecule has 0 atom stereocenters. The third-order valence-corrected chi connectivity index (χ3v) is 4.06. The van der Waals surface area contributed by atoms with E-state index >= 15 is 0 Å². The number of rotatable bonds is 4. The number of hydrogen-bond acceptors (Lipinski definition) is 4. The number of nitrogens with one attached hydrogen (secondary N) is 1. The number of carbonyl (C=O) groups excluding carboxylic acids is 1. The van der Waals surface area contributed by atoms with E-state index in [2.05, 4.69) is 0 Å². The van der Waals surface area contributed by atoms with Crippen LogP contribution in [-0.4, -0.2) is 14.4 Å². The molecule has 5 nitrogen and oxygen atoms in total. The molecule has 2 aromatic rings. The number of benzene rings is 2. The number of carboxylic acid groups (broad SMARTS) is 1. The molecule has 2 aromatic carbocycles. The molecule has 0 radical (unpaired) electrons. The minimum Gasteiger partial charge on any atom is -0.545 e. The number of anilines is 1. The zero-order valence-electron chi connectivity index (χ0n) is 10.6. The molecule has 0 saturated heterocycles. The van der Waals surface area contributed by atoms with Gasteiger partial charge in [-0.25, -0.2) is 21.6 Å². The van der Waals surface area contributed by atoms with Gasteiger partial charge < -0.3 is 9.90 Å². The quantitative estimate of drug-likeness (QED) is 0.855. The van der Waals surface area contributed by atoms with Gasteiger partial charge in [-0.1, -0.05) is 12.1 Å². The van der Waals surface area contributed by atoms with Gasteiger partial charge in [-0.15, -0.1) is 0 Å². The zero-order valence-corrected chi connectivity index (χ0v) is 11.5. The molecule has 0 aliphatic rings. The van der Waals surface area contributed by atoms with Crippen molar-refractivity contribution in [2.75, 3.05) is 4.72 Å². The molecule has 9 heteroatoms. The van der Waals surface area contributed by atoms with Crippen molar-refractivity contribution in [2.24, 2.45) is 0 Å². The molecular weight excluding hydrogens is 323 g/mol. The second-order valence-electron chi connectivity index (χ2n) is 4.14. The Morgan fingerprint density at radius 3 is 2.09 bits per heavy atom. The summed E-state index contributed by atoms with van der Waals surface area (Å²) in [5.74, 6) is -6.45. The number of carboxylic acids is 1. The summed E-state index contributed by atoms with van der Waals surface area (Å²) in [6.45, 7) is 0. The highest BCUT2D eigenvalue weighted by molar-refractivity contribution is 7.92. The first kappa shape index (κ1) is 15.8. The van der Waals surface area contributed by atoms with Crippen molar-refractivity contribution in [1.82, 2.24) is 0 Å². The number of sulfonamides is 1. The third-order valence-electron chi connectivity index (χ3n) is 2.68. The van der Waals surface area contributed by atoms with E-state index in [9.17, 15) is 31.5 Å². The van der Waals surface area contributed by atoms with Gasteiger partial charge in [0.25, 0.3) is 10.0 Å². The predicted molar refractivity (Wildman–Crippen MR) is 67.9 cm³/mol. The number of aromatic carboxylic acids is 1. The molecule has 0 fully saturated rings. The van der Waals surface area contributed by atoms with Crippen LogP contribution in [0.25, 0.3) is 0 Å². The maximum Gasteiger partial charge on any atom is 0.261 e. The summed E-state index contributed by atoms with van der Waals surface area (Å²) in [6, 6.07) is 5.14. The average molecular weight is 330 g/mol. The SMILES string of the molecule is O=C([O-])c1ccc(S(=O)(=O)Nc2ccc(F)c(F)c2F)cc1. The second kappa shape index (κ2) is 5.68. The van der Waals surface area contributed by atoms with E-state index in [1.165, 1.54) is 0 Å². The van der Waals surface area contributed by atoms with Crippen molar-refractivity contribution >= 4 is 21.7 Å². The van der Waals surface area contributed by atoms with E-state index < -0.39 is 39.1 Å². The van der Waals surface area contributed by atoms with Gasteiger partial charge in [0.2, 0.25) is 0 Å². The van der Waals surface area contributed by atoms with Crippen LogP contribution >= 0.6 is 0 Å². The summed E-state index contributed by atoms with van der Waals surface area (Å²) in [6.07, 6.45) is 0. The minimum absolute atomic E-state index is 0.252. The fraction of sp³-hybridized carbons (Fsp3) is 0. The Morgan fingerprint density at radius 2 is 1.55 bits per heavy atom. The lowest BCUT2D eigenvalue weighted by atomic mass is 10.2. The topological polar surface area (TPSA) is 86.3 Å². The molecule has 116 valence electrons. The van der Waals surface area contributed by atoms with Crippen LogP contribution in [0.1, 0.15) is 10.4 Å². The second-order valence-corrected chi connectivity index (χ2v) is 5.82. The summed E-state index contributed by atoms with van der Waals surface area (Å²) >= 11 is 0. The molecule has 0 aliphatic carbocycles. The Labute approximate surface area is 123 Å². The van der Waals surface area contributed by atoms with Crippen LogP contribution in [0.2, 0.25) is 0 Å². The summed E-state index contributed by atoms with van der Waals surface area (Å²) in [7, 11) is -4.30. The molecule has 0 amide bonds. The summed E-state index contributed by atoms with van der Waals surface area (Å²) in [4.78, 5) is 10.2. The van der Waals surface area contributed by atoms with Crippen LogP contribution < -0.4 is 9.83 Å². The zero-order chi connectivity index (χ0) is 16.5. The molecule has 0 heterocycles. The fourth-order valence-electron chi connectivity index (χ4n) is 1.58. The lowest BCUT2D eigenvalue weighted by Gasteiger charge is -2.10. The van der Waals surface area contributed by atoms with Crippen LogP contribution in [0.5, 0.6) is 0 Å². The van der Waals surface area contributed by atoms with Crippen molar-refractivity contribution in [3.05, 3.63) is 59.4 Å². The van der Waals surface area contributed by atoms with Crippen molar-refractivity contribution in [3.63, 3.8) is 0 Å². The van der Waals surface area contributed by atoms with E-state index in [0.29, 0.717) is 6.07 Å². The molecule has 0 unspecified atom stereocenters. The highest BCUT2D eigenvalue weighted by Gasteiger charge is 2.20. The molecule has 1 N–H and O–H groups in total. The minimum atomic E-state index is -4.30. The lowest BCUT2D eigenvalue weighted by Crippen LogP contribution is -2.22. The highest BCUT2D eigenvalue weighted by Crippen LogP contribution is 2.23. The molecule has 2 rings (SSSR count). The number of carbonyl (C=O) groups is 1. The molecule has 22 heavy (non-hydrogen) atoms. The highest BCUT2D eigenvalue weighted by atomic mass is 32.2. The first-order valence-corrected chi connectivity index (χ1v) is 7.18. The number of hydrogen-bond donors (Lipinski definition) is 1. The van der Waals surface area contributed by atoms with Gasteiger partial charge in [0.1, 0.15) is 0 Å². The van der Waals surface area contributed by atoms with Gasteiger partial charge in [0.15, 0.2) is 17.5 Å². The van der Waals surface area contributed by atoms with Crippen molar-refractivity contribution in [3.8, 4) is 0 Å². The average Bonchev–Trinajstić information content (AvgIpc) is 2.48. The summed E-state index contributed by atoms with van der Waals surface area (Å²) < 4.78 is 65.0. The van der Waals surface area contributed by atoms with Gasteiger partial charge in [0, 0.05) is 0 Å². The van der Waals surface area contributed by atoms with Gasteiger partial charge in [-0.05, 0) is 29.8 Å². The largest absolute Gasteiger partial charge is 0.545 e. The van der Waals surface area contributed by atoms with E-state index in [4.69, 9.17) is 0 Å². The van der Waals surface area contributed by atoms with Crippen LogP contribution in [-0.2, 0) is 10.0 Å². The van der Waals surface area contributed by atoms with E-state index in [-0.39, 0.29) is 10.5 Å². The monoisotopic (exact) mass is 330 g/mol. The Kier molecular flexibility index (Phi) is 4.09. The van der Waals surface area contributed by atoms with Gasteiger partial charge in [0.05, 0.1) is 16.6 Å². The van der Waals surface area contributed by atoms with E-state index in [1.54, 1.807) is 4.72 Å². The van der Waals surface area contributed by atoms with Crippen molar-refractivity contribution < 1.29 is 31.5 Å². The smallest absolute Gasteiger partial charge is 0.261 e.